The Hall–Kier alpha value is -1.81. The Labute approximate surface area is 124 Å². The molecule has 1 aromatic carbocycles. The van der Waals surface area contributed by atoms with Gasteiger partial charge in [0.2, 0.25) is 0 Å². The number of aryl methyl sites for hydroxylation is 1. The summed E-state index contributed by atoms with van der Waals surface area (Å²) in [5.74, 6) is 0.0645. The van der Waals surface area contributed by atoms with Crippen molar-refractivity contribution in [1.82, 2.24) is 4.90 Å². The van der Waals surface area contributed by atoms with Crippen LogP contribution in [0.1, 0.15) is 20.8 Å². The minimum Gasteiger partial charge on any atom is -0.387 e. The lowest BCUT2D eigenvalue weighted by Gasteiger charge is -2.19. The van der Waals surface area contributed by atoms with Crippen LogP contribution in [0.4, 0.5) is 5.69 Å². The Morgan fingerprint density at radius 1 is 1.35 bits per heavy atom. The van der Waals surface area contributed by atoms with Gasteiger partial charge in [0.1, 0.15) is 0 Å². The van der Waals surface area contributed by atoms with Gasteiger partial charge in [-0.2, -0.15) is 0 Å². The summed E-state index contributed by atoms with van der Waals surface area (Å²) in [6.45, 7) is 2.73. The van der Waals surface area contributed by atoms with E-state index < -0.39 is 0 Å². The zero-order valence-electron chi connectivity index (χ0n) is 12.1. The maximum absolute atomic E-state index is 12.5. The Morgan fingerprint density at radius 3 is 2.80 bits per heavy atom. The van der Waals surface area contributed by atoms with Gasteiger partial charge in [-0.3, -0.25) is 4.79 Å². The molecule has 1 amide bonds. The van der Waals surface area contributed by atoms with Gasteiger partial charge in [0.25, 0.3) is 5.91 Å². The highest BCUT2D eigenvalue weighted by Crippen LogP contribution is 2.19. The molecule has 0 unspecified atom stereocenters. The summed E-state index contributed by atoms with van der Waals surface area (Å²) in [5, 5.41) is 5.15. The van der Waals surface area contributed by atoms with Crippen molar-refractivity contribution in [3.8, 4) is 0 Å². The predicted molar refractivity (Wildman–Crippen MR) is 85.7 cm³/mol. The predicted octanol–water partition coefficient (Wildman–Crippen LogP) is 3.41. The normalized spacial score (nSPS) is 10.3. The first-order valence-electron chi connectivity index (χ1n) is 6.68. The first-order valence-corrected chi connectivity index (χ1v) is 7.56. The molecule has 20 heavy (non-hydrogen) atoms. The lowest BCUT2D eigenvalue weighted by Crippen LogP contribution is -2.29. The number of carbonyl (C=O) groups excluding carboxylic acids is 1. The Morgan fingerprint density at radius 2 is 2.15 bits per heavy atom. The van der Waals surface area contributed by atoms with Crippen LogP contribution in [0.5, 0.6) is 0 Å². The molecule has 3 nitrogen and oxygen atoms in total. The number of amides is 1. The molecular formula is C16H20N2OS. The van der Waals surface area contributed by atoms with E-state index in [4.69, 9.17) is 0 Å². The van der Waals surface area contributed by atoms with E-state index in [1.807, 2.05) is 45.3 Å². The van der Waals surface area contributed by atoms with Gasteiger partial charge in [-0.1, -0.05) is 17.7 Å². The monoisotopic (exact) mass is 288 g/mol. The SMILES string of the molecule is CNc1ccc(C)cc1C(=O)N(C)CCc1cccs1. The quantitative estimate of drug-likeness (QED) is 0.914. The largest absolute Gasteiger partial charge is 0.387 e. The molecular weight excluding hydrogens is 268 g/mol. The topological polar surface area (TPSA) is 32.3 Å². The molecule has 4 heteroatoms. The molecule has 2 rings (SSSR count). The highest BCUT2D eigenvalue weighted by atomic mass is 32.1. The third-order valence-corrected chi connectivity index (χ3v) is 4.23. The zero-order valence-corrected chi connectivity index (χ0v) is 13.0. The molecule has 0 aliphatic rings. The molecule has 0 fully saturated rings. The minimum absolute atomic E-state index is 0.0645. The van der Waals surface area contributed by atoms with Crippen LogP contribution in [0.25, 0.3) is 0 Å². The molecule has 0 atom stereocenters. The van der Waals surface area contributed by atoms with Crippen LogP contribution in [0, 0.1) is 6.92 Å². The summed E-state index contributed by atoms with van der Waals surface area (Å²) >= 11 is 1.73. The third kappa shape index (κ3) is 3.39. The smallest absolute Gasteiger partial charge is 0.255 e. The fourth-order valence-electron chi connectivity index (χ4n) is 2.09. The molecule has 0 aliphatic carbocycles. The molecule has 2 aromatic rings. The second-order valence-corrected chi connectivity index (χ2v) is 5.89. The van der Waals surface area contributed by atoms with Gasteiger partial charge in [0.05, 0.1) is 5.56 Å². The minimum atomic E-state index is 0.0645. The summed E-state index contributed by atoms with van der Waals surface area (Å²) < 4.78 is 0. The van der Waals surface area contributed by atoms with Crippen molar-refractivity contribution in [2.24, 2.45) is 0 Å². The van der Waals surface area contributed by atoms with E-state index in [2.05, 4.69) is 16.8 Å². The van der Waals surface area contributed by atoms with Crippen LogP contribution in [-0.2, 0) is 6.42 Å². The zero-order chi connectivity index (χ0) is 14.5. The maximum Gasteiger partial charge on any atom is 0.255 e. The summed E-state index contributed by atoms with van der Waals surface area (Å²) in [4.78, 5) is 15.6. The van der Waals surface area contributed by atoms with Crippen LogP contribution in [-0.4, -0.2) is 31.4 Å². The van der Waals surface area contributed by atoms with E-state index in [9.17, 15) is 4.79 Å². The number of thiophene rings is 1. The van der Waals surface area contributed by atoms with Gasteiger partial charge in [0.15, 0.2) is 0 Å². The van der Waals surface area contributed by atoms with Crippen molar-refractivity contribution in [3.05, 3.63) is 51.7 Å². The number of benzene rings is 1. The fraction of sp³-hybridized carbons (Fsp3) is 0.312. The Bertz CT molecular complexity index is 578. The van der Waals surface area contributed by atoms with Crippen molar-refractivity contribution >= 4 is 22.9 Å². The molecule has 0 saturated carbocycles. The summed E-state index contributed by atoms with van der Waals surface area (Å²) in [6.07, 6.45) is 0.903. The number of hydrogen-bond donors (Lipinski definition) is 1. The van der Waals surface area contributed by atoms with Gasteiger partial charge >= 0.3 is 0 Å². The molecule has 0 saturated heterocycles. The molecule has 1 N–H and O–H groups in total. The van der Waals surface area contributed by atoms with Gasteiger partial charge in [-0.25, -0.2) is 0 Å². The first kappa shape index (κ1) is 14.6. The summed E-state index contributed by atoms with van der Waals surface area (Å²) in [5.41, 5.74) is 2.71. The Kier molecular flexibility index (Phi) is 4.79. The number of likely N-dealkylation sites (N-methyl/N-ethyl adjacent to an activating group) is 1. The van der Waals surface area contributed by atoms with Crippen molar-refractivity contribution in [2.45, 2.75) is 13.3 Å². The fourth-order valence-corrected chi connectivity index (χ4v) is 2.79. The van der Waals surface area contributed by atoms with Crippen LogP contribution < -0.4 is 5.32 Å². The van der Waals surface area contributed by atoms with Crippen molar-refractivity contribution in [2.75, 3.05) is 26.0 Å². The van der Waals surface area contributed by atoms with E-state index in [1.165, 1.54) is 4.88 Å². The Balaban J connectivity index is 2.08. The number of hydrogen-bond acceptors (Lipinski definition) is 3. The second-order valence-electron chi connectivity index (χ2n) is 4.86. The number of nitrogens with zero attached hydrogens (tertiary/aromatic N) is 1. The van der Waals surface area contributed by atoms with E-state index in [-0.39, 0.29) is 5.91 Å². The van der Waals surface area contributed by atoms with Crippen LogP contribution in [0.3, 0.4) is 0 Å². The highest BCUT2D eigenvalue weighted by Gasteiger charge is 2.15. The first-order chi connectivity index (χ1) is 9.61. The lowest BCUT2D eigenvalue weighted by molar-refractivity contribution is 0.0797. The van der Waals surface area contributed by atoms with Gasteiger partial charge in [-0.05, 0) is 36.9 Å². The number of anilines is 1. The molecule has 0 bridgehead atoms. The maximum atomic E-state index is 12.5. The number of nitrogens with one attached hydrogen (secondary N) is 1. The van der Waals surface area contributed by atoms with Crippen molar-refractivity contribution in [1.29, 1.82) is 0 Å². The highest BCUT2D eigenvalue weighted by molar-refractivity contribution is 7.09. The van der Waals surface area contributed by atoms with Crippen LogP contribution >= 0.6 is 11.3 Å². The van der Waals surface area contributed by atoms with Crippen molar-refractivity contribution < 1.29 is 4.79 Å². The third-order valence-electron chi connectivity index (χ3n) is 3.30. The second kappa shape index (κ2) is 6.57. The summed E-state index contributed by atoms with van der Waals surface area (Å²) in [6, 6.07) is 10.1. The standard InChI is InChI=1S/C16H20N2OS/c1-12-6-7-15(17-2)14(11-12)16(19)18(3)9-8-13-5-4-10-20-13/h4-7,10-11,17H,8-9H2,1-3H3. The van der Waals surface area contributed by atoms with Crippen molar-refractivity contribution in [3.63, 3.8) is 0 Å². The van der Waals surface area contributed by atoms with E-state index in [0.717, 1.165) is 29.8 Å². The van der Waals surface area contributed by atoms with E-state index >= 15 is 0 Å². The molecule has 1 aromatic heterocycles. The van der Waals surface area contributed by atoms with Gasteiger partial charge in [-0.15, -0.1) is 11.3 Å². The molecule has 1 heterocycles. The number of rotatable bonds is 5. The molecule has 106 valence electrons. The lowest BCUT2D eigenvalue weighted by atomic mass is 10.1. The molecule has 0 spiro atoms. The molecule has 0 aliphatic heterocycles. The van der Waals surface area contributed by atoms with E-state index in [0.29, 0.717) is 0 Å². The van der Waals surface area contributed by atoms with Gasteiger partial charge in [0, 0.05) is 31.2 Å². The number of carbonyl (C=O) groups is 1. The van der Waals surface area contributed by atoms with E-state index in [1.54, 1.807) is 16.2 Å². The average molecular weight is 288 g/mol. The average Bonchev–Trinajstić information content (AvgIpc) is 2.97. The molecule has 0 radical (unpaired) electrons. The summed E-state index contributed by atoms with van der Waals surface area (Å²) in [7, 11) is 3.70. The van der Waals surface area contributed by atoms with Crippen LogP contribution in [0.2, 0.25) is 0 Å². The van der Waals surface area contributed by atoms with Gasteiger partial charge < -0.3 is 10.2 Å². The van der Waals surface area contributed by atoms with Crippen LogP contribution in [0.15, 0.2) is 35.7 Å².